The first-order chi connectivity index (χ1) is 15.2. The fourth-order valence-electron chi connectivity index (χ4n) is 1.61. The van der Waals surface area contributed by atoms with Gasteiger partial charge in [0.2, 0.25) is 0 Å². The van der Waals surface area contributed by atoms with Gasteiger partial charge in [-0.05, 0) is 34.6 Å². The van der Waals surface area contributed by atoms with Crippen molar-refractivity contribution in [1.82, 2.24) is 0 Å². The summed E-state index contributed by atoms with van der Waals surface area (Å²) in [4.78, 5) is 43.0. The van der Waals surface area contributed by atoms with Crippen LogP contribution < -0.4 is 0 Å². The maximum absolute atomic E-state index is 11.3. The summed E-state index contributed by atoms with van der Waals surface area (Å²) in [5, 5.41) is 42.6. The van der Waals surface area contributed by atoms with Crippen molar-refractivity contribution < 1.29 is 63.7 Å². The van der Waals surface area contributed by atoms with Crippen molar-refractivity contribution in [2.24, 2.45) is 16.2 Å². The largest absolute Gasteiger partial charge is 0.508 e. The minimum atomic E-state index is -1.39. The molecule has 0 aromatic heterocycles. The predicted octanol–water partition coefficient (Wildman–Crippen LogP) is 0.597. The molecular formula is C22H44O13. The van der Waals surface area contributed by atoms with Crippen molar-refractivity contribution in [2.75, 3.05) is 52.9 Å². The van der Waals surface area contributed by atoms with Crippen LogP contribution in [0.4, 0.5) is 4.79 Å². The van der Waals surface area contributed by atoms with Gasteiger partial charge in [0.05, 0.1) is 39.6 Å². The van der Waals surface area contributed by atoms with Crippen molar-refractivity contribution >= 4 is 24.1 Å². The number of carbonyl (C=O) groups is 4. The second-order valence-electron chi connectivity index (χ2n) is 7.89. The van der Waals surface area contributed by atoms with E-state index >= 15 is 0 Å². The van der Waals surface area contributed by atoms with Crippen LogP contribution in [0.1, 0.15) is 49.5 Å². The van der Waals surface area contributed by atoms with Gasteiger partial charge in [-0.25, -0.2) is 4.79 Å². The molecule has 1 saturated heterocycles. The zero-order valence-electron chi connectivity index (χ0n) is 19.7. The molecule has 0 bridgehead atoms. The number of carboxylic acid groups (broad SMARTS) is 1. The summed E-state index contributed by atoms with van der Waals surface area (Å²) in [5.74, 6) is -2.15. The first kappa shape index (κ1) is 39.7. The van der Waals surface area contributed by atoms with Crippen molar-refractivity contribution in [3.8, 4) is 0 Å². The summed E-state index contributed by atoms with van der Waals surface area (Å²) in [6, 6.07) is 0. The van der Waals surface area contributed by atoms with Crippen molar-refractivity contribution in [2.45, 2.75) is 49.5 Å². The molecule has 13 heteroatoms. The third-order valence-electron chi connectivity index (χ3n) is 4.47. The monoisotopic (exact) mass is 516 g/mol. The van der Waals surface area contributed by atoms with Crippen molar-refractivity contribution in [3.05, 3.63) is 0 Å². The normalized spacial score (nSPS) is 13.9. The van der Waals surface area contributed by atoms with Gasteiger partial charge >= 0.3 is 24.1 Å². The molecule has 1 aliphatic heterocycles. The van der Waals surface area contributed by atoms with Gasteiger partial charge in [0, 0.05) is 0 Å². The van der Waals surface area contributed by atoms with E-state index in [0.717, 1.165) is 0 Å². The number of ether oxygens (including phenoxy) is 4. The van der Waals surface area contributed by atoms with Crippen LogP contribution in [0.5, 0.6) is 0 Å². The van der Waals surface area contributed by atoms with Crippen molar-refractivity contribution in [1.29, 1.82) is 0 Å². The van der Waals surface area contributed by atoms with Gasteiger partial charge in [-0.15, -0.1) is 0 Å². The van der Waals surface area contributed by atoms with Crippen LogP contribution in [0.25, 0.3) is 0 Å². The smallest absolute Gasteiger partial charge is 0.481 e. The lowest BCUT2D eigenvalue weighted by Gasteiger charge is -2.29. The number of aliphatic hydroxyl groups is 4. The summed E-state index contributed by atoms with van der Waals surface area (Å²) in [6.45, 7) is 6.47. The van der Waals surface area contributed by atoms with E-state index in [0.29, 0.717) is 6.61 Å². The second-order valence-corrected chi connectivity index (χ2v) is 7.89. The highest BCUT2D eigenvalue weighted by Crippen LogP contribution is 2.23. The second kappa shape index (κ2) is 18.8. The van der Waals surface area contributed by atoms with Crippen molar-refractivity contribution in [3.63, 3.8) is 0 Å². The average molecular weight is 517 g/mol. The Hall–Kier alpha value is -2.48. The third kappa shape index (κ3) is 13.3. The fourth-order valence-corrected chi connectivity index (χ4v) is 1.61. The van der Waals surface area contributed by atoms with E-state index in [1.807, 2.05) is 0 Å². The number of aliphatic hydroxyl groups excluding tert-OH is 4. The van der Waals surface area contributed by atoms with Gasteiger partial charge < -0.3 is 44.5 Å². The van der Waals surface area contributed by atoms with Crippen LogP contribution in [-0.2, 0) is 33.3 Å². The molecule has 0 aromatic rings. The van der Waals surface area contributed by atoms with Gasteiger partial charge in [0.15, 0.2) is 0 Å². The van der Waals surface area contributed by atoms with E-state index in [2.05, 4.69) is 14.2 Å². The van der Waals surface area contributed by atoms with Gasteiger partial charge in [-0.1, -0.05) is 14.9 Å². The minimum Gasteiger partial charge on any atom is -0.481 e. The van der Waals surface area contributed by atoms with E-state index in [1.165, 1.54) is 13.8 Å². The Balaban J connectivity index is -0.000000204. The molecule has 5 N–H and O–H groups in total. The summed E-state index contributed by atoms with van der Waals surface area (Å²) in [5.41, 5.74) is -3.40. The highest BCUT2D eigenvalue weighted by molar-refractivity contribution is 5.78. The van der Waals surface area contributed by atoms with E-state index in [1.54, 1.807) is 20.8 Å². The number of aliphatic carboxylic acids is 1. The lowest BCUT2D eigenvalue weighted by molar-refractivity contribution is -0.165. The SMILES string of the molecule is C.C.CC(CO)(CO)C(=O)O.CCOC(=O)C(C)(CO)CO.CCOC(=O)C1(C)COC(=O)OC1. The number of cyclic esters (lactones) is 2. The summed E-state index contributed by atoms with van der Waals surface area (Å²) < 4.78 is 18.6. The molecule has 0 aliphatic carbocycles. The maximum Gasteiger partial charge on any atom is 0.508 e. The molecule has 0 spiro atoms. The molecule has 0 radical (unpaired) electrons. The Morgan fingerprint density at radius 1 is 0.857 bits per heavy atom. The Morgan fingerprint density at radius 2 is 1.23 bits per heavy atom. The quantitative estimate of drug-likeness (QED) is 0.210. The molecule has 13 nitrogen and oxygen atoms in total. The molecule has 1 aliphatic rings. The highest BCUT2D eigenvalue weighted by atomic mass is 16.7. The standard InChI is InChI=1S/C8H12O5.C7H14O4.C5H10O4.2CH4/c1-3-11-6(9)8(2)4-12-7(10)13-5-8;1-3-11-6(10)7(2,4-8)5-9;1-5(2-6,3-7)4(8)9;;/h3-5H2,1-2H3;8-9H,3-5H2,1-2H3;6-7H,2-3H2,1H3,(H,8,9);2*1H4. The zero-order valence-corrected chi connectivity index (χ0v) is 19.7. The molecule has 1 rings (SSSR count). The van der Waals surface area contributed by atoms with E-state index in [9.17, 15) is 19.2 Å². The molecule has 0 saturated carbocycles. The van der Waals surface area contributed by atoms with E-state index in [4.69, 9.17) is 30.3 Å². The highest BCUT2D eigenvalue weighted by Gasteiger charge is 2.41. The molecule has 1 fully saturated rings. The van der Waals surface area contributed by atoms with Crippen LogP contribution in [-0.4, -0.2) is 102 Å². The van der Waals surface area contributed by atoms with Gasteiger partial charge in [-0.3, -0.25) is 14.4 Å². The summed E-state index contributed by atoms with van der Waals surface area (Å²) in [6.07, 6.45) is -0.734. The van der Waals surface area contributed by atoms with Gasteiger partial charge in [0.25, 0.3) is 0 Å². The molecule has 0 aromatic carbocycles. The Morgan fingerprint density at radius 3 is 1.49 bits per heavy atom. The minimum absolute atomic E-state index is 0. The first-order valence-corrected chi connectivity index (χ1v) is 10.1. The average Bonchev–Trinajstić information content (AvgIpc) is 2.81. The third-order valence-corrected chi connectivity index (χ3v) is 4.47. The number of hydrogen-bond acceptors (Lipinski definition) is 12. The van der Waals surface area contributed by atoms with Crippen LogP contribution in [0.2, 0.25) is 0 Å². The van der Waals surface area contributed by atoms with E-state index in [-0.39, 0.29) is 34.7 Å². The summed E-state index contributed by atoms with van der Waals surface area (Å²) >= 11 is 0. The van der Waals surface area contributed by atoms with Crippen LogP contribution in [0, 0.1) is 16.2 Å². The molecule has 0 unspecified atom stereocenters. The Bertz CT molecular complexity index is 615. The number of carbonyl (C=O) groups excluding carboxylic acids is 3. The number of carboxylic acids is 1. The molecule has 210 valence electrons. The van der Waals surface area contributed by atoms with Gasteiger partial charge in [0.1, 0.15) is 29.5 Å². The van der Waals surface area contributed by atoms with Gasteiger partial charge in [-0.2, -0.15) is 0 Å². The topological polar surface area (TPSA) is 206 Å². The Kier molecular flexibility index (Phi) is 21.3. The molecule has 0 amide bonds. The Labute approximate surface area is 206 Å². The first-order valence-electron chi connectivity index (χ1n) is 10.1. The fraction of sp³-hybridized carbons (Fsp3) is 0.818. The van der Waals surface area contributed by atoms with E-state index < -0.39 is 66.7 Å². The number of hydrogen-bond donors (Lipinski definition) is 5. The van der Waals surface area contributed by atoms with Crippen LogP contribution in [0.3, 0.4) is 0 Å². The molecular weight excluding hydrogens is 472 g/mol. The van der Waals surface area contributed by atoms with Crippen LogP contribution in [0.15, 0.2) is 0 Å². The van der Waals surface area contributed by atoms with Crippen LogP contribution >= 0.6 is 0 Å². The molecule has 0 atom stereocenters. The lowest BCUT2D eigenvalue weighted by atomic mass is 9.93. The summed E-state index contributed by atoms with van der Waals surface area (Å²) in [7, 11) is 0. The zero-order chi connectivity index (χ0) is 26.3. The molecule has 1 heterocycles. The number of esters is 2. The molecule has 35 heavy (non-hydrogen) atoms. The lowest BCUT2D eigenvalue weighted by Crippen LogP contribution is -2.44. The number of rotatable bonds is 9. The maximum atomic E-state index is 11.3. The predicted molar refractivity (Wildman–Crippen MR) is 124 cm³/mol.